The van der Waals surface area contributed by atoms with Crippen LogP contribution in [0.15, 0.2) is 16.8 Å². The van der Waals surface area contributed by atoms with Crippen LogP contribution in [0.2, 0.25) is 0 Å². The monoisotopic (exact) mass is 254 g/mol. The van der Waals surface area contributed by atoms with Gasteiger partial charge in [-0.15, -0.1) is 0 Å². The van der Waals surface area contributed by atoms with E-state index >= 15 is 0 Å². The maximum Gasteiger partial charge on any atom is 0.407 e. The molecule has 100 valence electrons. The first-order valence-corrected chi connectivity index (χ1v) is 5.59. The molecule has 0 aromatic heterocycles. The highest BCUT2D eigenvalue weighted by molar-refractivity contribution is 6.10. The van der Waals surface area contributed by atoms with E-state index in [1.54, 1.807) is 20.8 Å². The number of hydrogen-bond acceptors (Lipinski definition) is 5. The molecule has 6 heteroatoms. The molecule has 0 fully saturated rings. The fourth-order valence-corrected chi connectivity index (χ4v) is 1.31. The Balaban J connectivity index is 2.49. The normalized spacial score (nSPS) is 19.4. The highest BCUT2D eigenvalue weighted by atomic mass is 16.6. The summed E-state index contributed by atoms with van der Waals surface area (Å²) < 4.78 is 10.00. The number of nitrogens with one attached hydrogen (secondary N) is 1. The predicted molar refractivity (Wildman–Crippen MR) is 66.6 cm³/mol. The Labute approximate surface area is 106 Å². The van der Waals surface area contributed by atoms with Gasteiger partial charge in [0.05, 0.1) is 6.54 Å². The van der Waals surface area contributed by atoms with Crippen LogP contribution in [0.25, 0.3) is 0 Å². The van der Waals surface area contributed by atoms with Crippen LogP contribution in [0, 0.1) is 0 Å². The Bertz CT molecular complexity index is 393. The summed E-state index contributed by atoms with van der Waals surface area (Å²) in [7, 11) is 1.43. The molecular weight excluding hydrogens is 236 g/mol. The number of methoxy groups -OCH3 is 1. The van der Waals surface area contributed by atoms with Gasteiger partial charge in [-0.3, -0.25) is 9.79 Å². The van der Waals surface area contributed by atoms with Crippen LogP contribution in [0.3, 0.4) is 0 Å². The first-order chi connectivity index (χ1) is 8.33. The van der Waals surface area contributed by atoms with Crippen molar-refractivity contribution < 1.29 is 19.1 Å². The first kappa shape index (κ1) is 14.4. The number of rotatable bonds is 3. The summed E-state index contributed by atoms with van der Waals surface area (Å²) in [4.78, 5) is 27.1. The second kappa shape index (κ2) is 5.77. The van der Waals surface area contributed by atoms with Crippen molar-refractivity contribution >= 4 is 18.1 Å². The fourth-order valence-electron chi connectivity index (χ4n) is 1.31. The summed E-state index contributed by atoms with van der Waals surface area (Å²) in [5.41, 5.74) is -0.183. The van der Waals surface area contributed by atoms with E-state index in [2.05, 4.69) is 10.3 Å². The molecule has 1 heterocycles. The lowest BCUT2D eigenvalue weighted by atomic mass is 10.1. The zero-order valence-electron chi connectivity index (χ0n) is 11.0. The van der Waals surface area contributed by atoms with Crippen LogP contribution < -0.4 is 5.32 Å². The van der Waals surface area contributed by atoms with Crippen LogP contribution in [0.5, 0.6) is 0 Å². The third kappa shape index (κ3) is 4.29. The van der Waals surface area contributed by atoms with E-state index in [9.17, 15) is 9.59 Å². The largest absolute Gasteiger partial charge is 0.444 e. The number of hydrogen-bond donors (Lipinski definition) is 1. The first-order valence-electron chi connectivity index (χ1n) is 5.59. The van der Waals surface area contributed by atoms with Crippen LogP contribution in [0.4, 0.5) is 4.79 Å². The van der Waals surface area contributed by atoms with E-state index in [1.165, 1.54) is 19.5 Å². The van der Waals surface area contributed by atoms with Gasteiger partial charge in [0, 0.05) is 25.1 Å². The molecular formula is C12H18N2O4. The number of Topliss-reactive ketones (excluding diaryl/α,β-unsaturated/α-hetero) is 1. The summed E-state index contributed by atoms with van der Waals surface area (Å²) in [6.45, 7) is 5.37. The van der Waals surface area contributed by atoms with Crippen molar-refractivity contribution in [1.82, 2.24) is 5.32 Å². The topological polar surface area (TPSA) is 77.0 Å². The minimum atomic E-state index is -0.676. The van der Waals surface area contributed by atoms with Crippen molar-refractivity contribution in [2.75, 3.05) is 13.7 Å². The maximum atomic E-state index is 11.8. The van der Waals surface area contributed by atoms with Gasteiger partial charge in [-0.1, -0.05) is 0 Å². The van der Waals surface area contributed by atoms with Gasteiger partial charge < -0.3 is 14.8 Å². The highest BCUT2D eigenvalue weighted by Crippen LogP contribution is 2.09. The quantitative estimate of drug-likeness (QED) is 0.817. The van der Waals surface area contributed by atoms with Gasteiger partial charge >= 0.3 is 6.09 Å². The smallest absolute Gasteiger partial charge is 0.407 e. The van der Waals surface area contributed by atoms with Crippen molar-refractivity contribution in [1.29, 1.82) is 0 Å². The number of amides is 1. The van der Waals surface area contributed by atoms with Gasteiger partial charge in [-0.05, 0) is 20.8 Å². The van der Waals surface area contributed by atoms with Gasteiger partial charge in [-0.25, -0.2) is 4.79 Å². The number of aliphatic imine (C=N–C) groups is 1. The van der Waals surface area contributed by atoms with Crippen molar-refractivity contribution in [2.24, 2.45) is 4.99 Å². The zero-order chi connectivity index (χ0) is 13.8. The zero-order valence-corrected chi connectivity index (χ0v) is 11.0. The van der Waals surface area contributed by atoms with Crippen molar-refractivity contribution in [3.05, 3.63) is 11.8 Å². The SMILES string of the molecule is COC1C=NC=C(CNC(=O)OC(C)(C)C)C1=O. The molecule has 0 aliphatic carbocycles. The average molecular weight is 254 g/mol. The second-order valence-corrected chi connectivity index (χ2v) is 4.83. The van der Waals surface area contributed by atoms with Crippen molar-refractivity contribution in [3.63, 3.8) is 0 Å². The molecule has 0 saturated carbocycles. The molecule has 1 aliphatic rings. The molecule has 0 spiro atoms. The van der Waals surface area contributed by atoms with Crippen molar-refractivity contribution in [3.8, 4) is 0 Å². The van der Waals surface area contributed by atoms with Gasteiger partial charge in [0.2, 0.25) is 0 Å². The Morgan fingerprint density at radius 3 is 2.72 bits per heavy atom. The molecule has 0 saturated heterocycles. The predicted octanol–water partition coefficient (Wildman–Crippen LogP) is 1.06. The number of ketones is 1. The van der Waals surface area contributed by atoms with Gasteiger partial charge in [0.15, 0.2) is 11.9 Å². The number of nitrogens with zero attached hydrogens (tertiary/aromatic N) is 1. The third-order valence-corrected chi connectivity index (χ3v) is 2.10. The van der Waals surface area contributed by atoms with Crippen molar-refractivity contribution in [2.45, 2.75) is 32.5 Å². The molecule has 0 radical (unpaired) electrons. The van der Waals surface area contributed by atoms with Gasteiger partial charge in [0.25, 0.3) is 0 Å². The second-order valence-electron chi connectivity index (χ2n) is 4.83. The molecule has 1 amide bonds. The molecule has 0 bridgehead atoms. The number of ether oxygens (including phenoxy) is 2. The van der Waals surface area contributed by atoms with Crippen LogP contribution in [0.1, 0.15) is 20.8 Å². The van der Waals surface area contributed by atoms with E-state index < -0.39 is 17.8 Å². The lowest BCUT2D eigenvalue weighted by Crippen LogP contribution is -2.37. The minimum absolute atomic E-state index is 0.0744. The van der Waals surface area contributed by atoms with Gasteiger partial charge in [0.1, 0.15) is 5.60 Å². The van der Waals surface area contributed by atoms with E-state index in [0.29, 0.717) is 5.57 Å². The van der Waals surface area contributed by atoms with Crippen LogP contribution in [-0.4, -0.2) is 43.5 Å². The van der Waals surface area contributed by atoms with E-state index in [1.807, 2.05) is 0 Å². The summed E-state index contributed by atoms with van der Waals surface area (Å²) in [6.07, 6.45) is 1.58. The summed E-state index contributed by atoms with van der Waals surface area (Å²) in [6, 6.07) is 0. The fraction of sp³-hybridized carbons (Fsp3) is 0.583. The highest BCUT2D eigenvalue weighted by Gasteiger charge is 2.24. The third-order valence-electron chi connectivity index (χ3n) is 2.10. The molecule has 18 heavy (non-hydrogen) atoms. The van der Waals surface area contributed by atoms with Gasteiger partial charge in [-0.2, -0.15) is 0 Å². The minimum Gasteiger partial charge on any atom is -0.444 e. The molecule has 0 aromatic carbocycles. The van der Waals surface area contributed by atoms with Crippen LogP contribution in [-0.2, 0) is 14.3 Å². The molecule has 6 nitrogen and oxygen atoms in total. The lowest BCUT2D eigenvalue weighted by Gasteiger charge is -2.20. The molecule has 1 atom stereocenters. The molecule has 1 unspecified atom stereocenters. The molecule has 1 aliphatic heterocycles. The summed E-state index contributed by atoms with van der Waals surface area (Å²) >= 11 is 0. The lowest BCUT2D eigenvalue weighted by molar-refractivity contribution is -0.121. The Morgan fingerprint density at radius 2 is 2.17 bits per heavy atom. The summed E-state index contributed by atoms with van der Waals surface area (Å²) in [5.74, 6) is -0.205. The molecule has 0 aromatic rings. The number of alkyl carbamates (subject to hydrolysis) is 1. The average Bonchev–Trinajstić information content (AvgIpc) is 2.25. The molecule has 1 N–H and O–H groups in total. The van der Waals surface area contributed by atoms with E-state index in [4.69, 9.17) is 9.47 Å². The standard InChI is InChI=1S/C12H18N2O4/c1-12(2,3)18-11(16)14-6-8-5-13-7-9(17-4)10(8)15/h5,7,9H,6H2,1-4H3,(H,14,16). The number of carbonyl (C=O) groups excluding carboxylic acids is 2. The van der Waals surface area contributed by atoms with E-state index in [-0.39, 0.29) is 12.3 Å². The molecule has 1 rings (SSSR count). The Hall–Kier alpha value is -1.69. The number of carbonyl (C=O) groups is 2. The maximum absolute atomic E-state index is 11.8. The summed E-state index contributed by atoms with van der Waals surface area (Å²) in [5, 5.41) is 2.50. The Morgan fingerprint density at radius 1 is 1.50 bits per heavy atom. The van der Waals surface area contributed by atoms with E-state index in [0.717, 1.165) is 0 Å². The van der Waals surface area contributed by atoms with Crippen LogP contribution >= 0.6 is 0 Å². The Kier molecular flexibility index (Phi) is 4.61.